The van der Waals surface area contributed by atoms with E-state index in [1.165, 1.54) is 6.20 Å². The maximum absolute atomic E-state index is 10.8. The Hall–Kier alpha value is -1.72. The number of aromatic amines is 2. The molecule has 0 aromatic carbocycles. The van der Waals surface area contributed by atoms with Crippen LogP contribution in [0.15, 0.2) is 11.0 Å². The monoisotopic (exact) mass is 137 g/mol. The molecule has 0 radical (unpaired) electrons. The third-order valence-corrected chi connectivity index (χ3v) is 1.17. The Balaban J connectivity index is 3.09. The normalized spacial score (nSPS) is 10.4. The van der Waals surface area contributed by atoms with E-state index in [0.29, 0.717) is 11.0 Å². The summed E-state index contributed by atoms with van der Waals surface area (Å²) in [6, 6.07) is 0. The lowest BCUT2D eigenvalue weighted by atomic mass is 10.5. The van der Waals surface area contributed by atoms with E-state index in [1.807, 2.05) is 0 Å². The first-order valence-corrected chi connectivity index (χ1v) is 2.62. The molecule has 2 N–H and O–H groups in total. The Morgan fingerprint density at radius 2 is 2.30 bits per heavy atom. The van der Waals surface area contributed by atoms with Crippen LogP contribution in [0.25, 0.3) is 11.0 Å². The number of H-pyrrole nitrogens is 2. The summed E-state index contributed by atoms with van der Waals surface area (Å²) in [5, 5.41) is 15.6. The van der Waals surface area contributed by atoms with E-state index in [-0.39, 0.29) is 5.56 Å². The maximum Gasteiger partial charge on any atom is 0.278 e. The van der Waals surface area contributed by atoms with Gasteiger partial charge >= 0.3 is 0 Å². The van der Waals surface area contributed by atoms with Gasteiger partial charge in [-0.05, 0) is 0 Å². The van der Waals surface area contributed by atoms with Crippen LogP contribution in [0, 0.1) is 0 Å². The highest BCUT2D eigenvalue weighted by Crippen LogP contribution is 1.94. The van der Waals surface area contributed by atoms with Crippen molar-refractivity contribution in [3.63, 3.8) is 0 Å². The molecule has 2 rings (SSSR count). The highest BCUT2D eigenvalue weighted by atomic mass is 16.1. The molecule has 0 fully saturated rings. The highest BCUT2D eigenvalue weighted by molar-refractivity contribution is 5.70. The Morgan fingerprint density at radius 3 is 3.10 bits per heavy atom. The third kappa shape index (κ3) is 0.524. The number of aromatic nitrogens is 5. The van der Waals surface area contributed by atoms with Gasteiger partial charge in [0, 0.05) is 0 Å². The van der Waals surface area contributed by atoms with Crippen molar-refractivity contribution in [3.05, 3.63) is 16.6 Å². The van der Waals surface area contributed by atoms with Crippen LogP contribution in [0.1, 0.15) is 0 Å². The largest absolute Gasteiger partial charge is 0.278 e. The maximum atomic E-state index is 10.8. The summed E-state index contributed by atoms with van der Waals surface area (Å²) in [6.45, 7) is 0. The smallest absolute Gasteiger partial charge is 0.267 e. The van der Waals surface area contributed by atoms with Crippen LogP contribution in [-0.4, -0.2) is 25.6 Å². The number of fused-ring (bicyclic) bond motifs is 1. The SMILES string of the molecule is O=c1[nH]nnc2[nH]ncc12. The zero-order valence-corrected chi connectivity index (χ0v) is 4.83. The summed E-state index contributed by atoms with van der Waals surface area (Å²) in [5.74, 6) is 0. The van der Waals surface area contributed by atoms with Crippen molar-refractivity contribution in [1.82, 2.24) is 25.6 Å². The summed E-state index contributed by atoms with van der Waals surface area (Å²) >= 11 is 0. The number of nitrogens with one attached hydrogen (secondary N) is 2. The number of nitrogens with zero attached hydrogens (tertiary/aromatic N) is 3. The molecule has 0 saturated carbocycles. The van der Waals surface area contributed by atoms with Gasteiger partial charge in [0.05, 0.1) is 6.20 Å². The molecule has 0 unspecified atom stereocenters. The molecule has 0 saturated heterocycles. The zero-order valence-electron chi connectivity index (χ0n) is 4.83. The van der Waals surface area contributed by atoms with Gasteiger partial charge in [-0.15, -0.1) is 5.10 Å². The molecule has 10 heavy (non-hydrogen) atoms. The minimum absolute atomic E-state index is 0.279. The average molecular weight is 137 g/mol. The minimum Gasteiger partial charge on any atom is -0.267 e. The fourth-order valence-electron chi connectivity index (χ4n) is 0.702. The van der Waals surface area contributed by atoms with Gasteiger partial charge in [-0.25, -0.2) is 5.10 Å². The molecule has 2 aromatic rings. The summed E-state index contributed by atoms with van der Waals surface area (Å²) in [4.78, 5) is 10.8. The molecule has 50 valence electrons. The predicted octanol–water partition coefficient (Wildman–Crippen LogP) is -0.959. The van der Waals surface area contributed by atoms with E-state index >= 15 is 0 Å². The van der Waals surface area contributed by atoms with E-state index in [2.05, 4.69) is 25.6 Å². The highest BCUT2D eigenvalue weighted by Gasteiger charge is 1.98. The van der Waals surface area contributed by atoms with Gasteiger partial charge in [0.2, 0.25) is 0 Å². The van der Waals surface area contributed by atoms with Crippen molar-refractivity contribution in [3.8, 4) is 0 Å². The summed E-state index contributed by atoms with van der Waals surface area (Å²) in [7, 11) is 0. The van der Waals surface area contributed by atoms with E-state index in [4.69, 9.17) is 0 Å². The lowest BCUT2D eigenvalue weighted by molar-refractivity contribution is 0.863. The summed E-state index contributed by atoms with van der Waals surface area (Å²) < 4.78 is 0. The van der Waals surface area contributed by atoms with Gasteiger partial charge < -0.3 is 0 Å². The quantitative estimate of drug-likeness (QED) is 0.489. The predicted molar refractivity (Wildman–Crippen MR) is 32.3 cm³/mol. The second kappa shape index (κ2) is 1.63. The van der Waals surface area contributed by atoms with Gasteiger partial charge in [-0.1, -0.05) is 5.21 Å². The summed E-state index contributed by atoms with van der Waals surface area (Å²) in [5.41, 5.74) is 0.127. The van der Waals surface area contributed by atoms with E-state index < -0.39 is 0 Å². The molecule has 0 aliphatic carbocycles. The lowest BCUT2D eigenvalue weighted by Gasteiger charge is -1.80. The second-order valence-corrected chi connectivity index (χ2v) is 1.77. The molecule has 2 heterocycles. The van der Waals surface area contributed by atoms with E-state index in [9.17, 15) is 4.79 Å². The Bertz CT molecular complexity index is 401. The molecular weight excluding hydrogens is 134 g/mol. The van der Waals surface area contributed by atoms with Gasteiger partial charge in [0.15, 0.2) is 5.65 Å². The van der Waals surface area contributed by atoms with Crippen LogP contribution in [-0.2, 0) is 0 Å². The molecule has 0 aliphatic heterocycles. The van der Waals surface area contributed by atoms with Gasteiger partial charge in [-0.2, -0.15) is 5.10 Å². The first-order valence-electron chi connectivity index (χ1n) is 2.62. The first-order chi connectivity index (χ1) is 4.88. The Morgan fingerprint density at radius 1 is 1.40 bits per heavy atom. The fourth-order valence-corrected chi connectivity index (χ4v) is 0.702. The molecule has 6 heteroatoms. The number of hydrogen-bond donors (Lipinski definition) is 2. The van der Waals surface area contributed by atoms with Crippen molar-refractivity contribution < 1.29 is 0 Å². The zero-order chi connectivity index (χ0) is 6.97. The van der Waals surface area contributed by atoms with Crippen molar-refractivity contribution in [2.45, 2.75) is 0 Å². The minimum atomic E-state index is -0.279. The van der Waals surface area contributed by atoms with Crippen LogP contribution < -0.4 is 5.56 Å². The topological polar surface area (TPSA) is 87.3 Å². The van der Waals surface area contributed by atoms with Gasteiger partial charge in [-0.3, -0.25) is 9.89 Å². The fraction of sp³-hybridized carbons (Fsp3) is 0. The lowest BCUT2D eigenvalue weighted by Crippen LogP contribution is -2.08. The van der Waals surface area contributed by atoms with Crippen LogP contribution in [0.3, 0.4) is 0 Å². The molecule has 2 aromatic heterocycles. The molecule has 0 bridgehead atoms. The third-order valence-electron chi connectivity index (χ3n) is 1.17. The van der Waals surface area contributed by atoms with Gasteiger partial charge in [0.1, 0.15) is 5.39 Å². The second-order valence-electron chi connectivity index (χ2n) is 1.77. The molecular formula is C4H3N5O. The number of hydrogen-bond acceptors (Lipinski definition) is 4. The molecule has 0 atom stereocenters. The average Bonchev–Trinajstić information content (AvgIpc) is 2.36. The van der Waals surface area contributed by atoms with Crippen LogP contribution >= 0.6 is 0 Å². The van der Waals surface area contributed by atoms with Crippen LogP contribution in [0.5, 0.6) is 0 Å². The standard InChI is InChI=1S/C4H3N5O/c10-4-2-1-5-6-3(2)7-9-8-4/h1H,(H2,5,6,7,8,10). The van der Waals surface area contributed by atoms with Gasteiger partial charge in [0.25, 0.3) is 5.56 Å². The Kier molecular flexibility index (Phi) is 0.830. The number of rotatable bonds is 0. The molecule has 0 aliphatic rings. The molecule has 6 nitrogen and oxygen atoms in total. The van der Waals surface area contributed by atoms with Crippen molar-refractivity contribution in [2.24, 2.45) is 0 Å². The molecule has 0 amide bonds. The van der Waals surface area contributed by atoms with Crippen LogP contribution in [0.2, 0.25) is 0 Å². The Labute approximate surface area is 54.3 Å². The van der Waals surface area contributed by atoms with E-state index in [0.717, 1.165) is 0 Å². The van der Waals surface area contributed by atoms with E-state index in [1.54, 1.807) is 0 Å². The van der Waals surface area contributed by atoms with Crippen LogP contribution in [0.4, 0.5) is 0 Å². The molecule has 0 spiro atoms. The van der Waals surface area contributed by atoms with Crippen molar-refractivity contribution in [1.29, 1.82) is 0 Å². The van der Waals surface area contributed by atoms with Crippen molar-refractivity contribution in [2.75, 3.05) is 0 Å². The first kappa shape index (κ1) is 5.10. The van der Waals surface area contributed by atoms with Crippen molar-refractivity contribution >= 4 is 11.0 Å². The summed E-state index contributed by atoms with van der Waals surface area (Å²) in [6.07, 6.45) is 1.41.